The molecule has 0 saturated carbocycles. The molecule has 1 aliphatic rings. The molecule has 1 amide bonds. The Labute approximate surface area is 147 Å². The second kappa shape index (κ2) is 8.57. The van der Waals surface area contributed by atoms with E-state index in [1.807, 2.05) is 27.9 Å². The van der Waals surface area contributed by atoms with E-state index in [9.17, 15) is 4.79 Å². The SMILES string of the molecule is CC(Cn1cccn1)NCCC(=O)N1CCN(c2ncccn2)CC1. The summed E-state index contributed by atoms with van der Waals surface area (Å²) in [4.78, 5) is 24.9. The Bertz CT molecular complexity index is 638. The fourth-order valence-corrected chi connectivity index (χ4v) is 2.95. The van der Waals surface area contributed by atoms with Gasteiger partial charge in [-0.1, -0.05) is 0 Å². The highest BCUT2D eigenvalue weighted by Gasteiger charge is 2.22. The van der Waals surface area contributed by atoms with Crippen molar-refractivity contribution in [2.24, 2.45) is 0 Å². The van der Waals surface area contributed by atoms with Crippen molar-refractivity contribution >= 4 is 11.9 Å². The van der Waals surface area contributed by atoms with Gasteiger partial charge in [0.2, 0.25) is 11.9 Å². The van der Waals surface area contributed by atoms with Gasteiger partial charge in [0.25, 0.3) is 0 Å². The number of carbonyl (C=O) groups excluding carboxylic acids is 1. The fourth-order valence-electron chi connectivity index (χ4n) is 2.95. The van der Waals surface area contributed by atoms with Gasteiger partial charge in [-0.05, 0) is 19.1 Å². The lowest BCUT2D eigenvalue weighted by molar-refractivity contribution is -0.131. The first-order valence-electron chi connectivity index (χ1n) is 8.73. The molecule has 1 atom stereocenters. The minimum absolute atomic E-state index is 0.201. The fraction of sp³-hybridized carbons (Fsp3) is 0.529. The Morgan fingerprint density at radius 1 is 1.16 bits per heavy atom. The third-order valence-corrected chi connectivity index (χ3v) is 4.32. The molecule has 0 aromatic carbocycles. The van der Waals surface area contributed by atoms with E-state index in [1.54, 1.807) is 18.6 Å². The largest absolute Gasteiger partial charge is 0.339 e. The van der Waals surface area contributed by atoms with Crippen LogP contribution in [-0.2, 0) is 11.3 Å². The zero-order valence-electron chi connectivity index (χ0n) is 14.6. The Balaban J connectivity index is 1.35. The summed E-state index contributed by atoms with van der Waals surface area (Å²) < 4.78 is 1.89. The molecule has 0 spiro atoms. The predicted molar refractivity (Wildman–Crippen MR) is 95.1 cm³/mol. The lowest BCUT2D eigenvalue weighted by atomic mass is 10.2. The molecule has 1 fully saturated rings. The molecule has 3 rings (SSSR count). The number of rotatable bonds is 7. The van der Waals surface area contributed by atoms with Crippen LogP contribution in [0, 0.1) is 0 Å². The Morgan fingerprint density at radius 3 is 2.60 bits per heavy atom. The number of nitrogens with zero attached hydrogens (tertiary/aromatic N) is 6. The van der Waals surface area contributed by atoms with Crippen LogP contribution in [-0.4, -0.2) is 69.3 Å². The van der Waals surface area contributed by atoms with Crippen molar-refractivity contribution in [1.29, 1.82) is 0 Å². The van der Waals surface area contributed by atoms with Crippen LogP contribution in [0.2, 0.25) is 0 Å². The van der Waals surface area contributed by atoms with Crippen LogP contribution in [0.1, 0.15) is 13.3 Å². The number of nitrogens with one attached hydrogen (secondary N) is 1. The van der Waals surface area contributed by atoms with Crippen LogP contribution in [0.4, 0.5) is 5.95 Å². The van der Waals surface area contributed by atoms with Gasteiger partial charge in [-0.15, -0.1) is 0 Å². The van der Waals surface area contributed by atoms with Crippen LogP contribution in [0.3, 0.4) is 0 Å². The summed E-state index contributed by atoms with van der Waals surface area (Å²) in [6.07, 6.45) is 7.73. The first-order chi connectivity index (χ1) is 12.2. The number of anilines is 1. The third-order valence-electron chi connectivity index (χ3n) is 4.32. The average Bonchev–Trinajstić information content (AvgIpc) is 3.15. The van der Waals surface area contributed by atoms with Gasteiger partial charge in [0.15, 0.2) is 0 Å². The van der Waals surface area contributed by atoms with Gasteiger partial charge < -0.3 is 15.1 Å². The highest BCUT2D eigenvalue weighted by molar-refractivity contribution is 5.76. The van der Waals surface area contributed by atoms with Gasteiger partial charge >= 0.3 is 0 Å². The highest BCUT2D eigenvalue weighted by atomic mass is 16.2. The lowest BCUT2D eigenvalue weighted by Crippen LogP contribution is -2.49. The maximum absolute atomic E-state index is 12.4. The molecule has 1 unspecified atom stereocenters. The molecule has 8 nitrogen and oxygen atoms in total. The van der Waals surface area contributed by atoms with Crippen molar-refractivity contribution in [1.82, 2.24) is 30.0 Å². The molecule has 0 radical (unpaired) electrons. The number of hydrogen-bond donors (Lipinski definition) is 1. The zero-order valence-corrected chi connectivity index (χ0v) is 14.6. The quantitative estimate of drug-likeness (QED) is 0.783. The van der Waals surface area contributed by atoms with Crippen LogP contribution < -0.4 is 10.2 Å². The van der Waals surface area contributed by atoms with E-state index in [0.717, 1.165) is 38.7 Å². The molecule has 2 aromatic heterocycles. The predicted octanol–water partition coefficient (Wildman–Crippen LogP) is 0.390. The second-order valence-corrected chi connectivity index (χ2v) is 6.25. The van der Waals surface area contributed by atoms with Crippen LogP contribution >= 0.6 is 0 Å². The minimum Gasteiger partial charge on any atom is -0.339 e. The van der Waals surface area contributed by atoms with Crippen molar-refractivity contribution in [3.8, 4) is 0 Å². The molecule has 134 valence electrons. The summed E-state index contributed by atoms with van der Waals surface area (Å²) in [5.74, 6) is 0.941. The van der Waals surface area contributed by atoms with Crippen molar-refractivity contribution < 1.29 is 4.79 Å². The summed E-state index contributed by atoms with van der Waals surface area (Å²) >= 11 is 0. The molecule has 2 aromatic rings. The van der Waals surface area contributed by atoms with Gasteiger partial charge in [0.05, 0.1) is 6.54 Å². The number of hydrogen-bond acceptors (Lipinski definition) is 6. The Hall–Kier alpha value is -2.48. The topological polar surface area (TPSA) is 79.2 Å². The van der Waals surface area contributed by atoms with Gasteiger partial charge in [-0.25, -0.2) is 9.97 Å². The van der Waals surface area contributed by atoms with E-state index in [4.69, 9.17) is 0 Å². The number of amides is 1. The van der Waals surface area contributed by atoms with Crippen molar-refractivity contribution in [2.75, 3.05) is 37.6 Å². The molecule has 8 heteroatoms. The van der Waals surface area contributed by atoms with Gasteiger partial charge in [-0.2, -0.15) is 5.10 Å². The summed E-state index contributed by atoms with van der Waals surface area (Å²) in [7, 11) is 0. The third kappa shape index (κ3) is 4.99. The Kier molecular flexibility index (Phi) is 5.95. The highest BCUT2D eigenvalue weighted by Crippen LogP contribution is 2.10. The summed E-state index contributed by atoms with van der Waals surface area (Å²) in [5, 5.41) is 7.58. The van der Waals surface area contributed by atoms with Crippen molar-refractivity contribution in [3.05, 3.63) is 36.9 Å². The van der Waals surface area contributed by atoms with E-state index >= 15 is 0 Å². The first-order valence-corrected chi connectivity index (χ1v) is 8.73. The molecule has 25 heavy (non-hydrogen) atoms. The first kappa shape index (κ1) is 17.3. The Morgan fingerprint density at radius 2 is 1.92 bits per heavy atom. The number of piperazine rings is 1. The van der Waals surface area contributed by atoms with Crippen molar-refractivity contribution in [2.45, 2.75) is 25.9 Å². The monoisotopic (exact) mass is 343 g/mol. The van der Waals surface area contributed by atoms with Crippen LogP contribution in [0.15, 0.2) is 36.9 Å². The van der Waals surface area contributed by atoms with E-state index in [-0.39, 0.29) is 11.9 Å². The smallest absolute Gasteiger partial charge is 0.225 e. The number of carbonyl (C=O) groups is 1. The van der Waals surface area contributed by atoms with E-state index in [2.05, 4.69) is 32.2 Å². The molecule has 1 aliphatic heterocycles. The maximum Gasteiger partial charge on any atom is 0.225 e. The molecular formula is C17H25N7O. The minimum atomic E-state index is 0.201. The molecule has 1 N–H and O–H groups in total. The van der Waals surface area contributed by atoms with Crippen LogP contribution in [0.25, 0.3) is 0 Å². The standard InChI is InChI=1S/C17H25N7O/c1-15(14-24-9-3-7-21-24)18-8-4-16(25)22-10-12-23(13-11-22)17-19-5-2-6-20-17/h2-3,5-7,9,15,18H,4,8,10-14H2,1H3. The molecule has 1 saturated heterocycles. The second-order valence-electron chi connectivity index (χ2n) is 6.25. The summed E-state index contributed by atoms with van der Waals surface area (Å²) in [6.45, 7) is 6.59. The summed E-state index contributed by atoms with van der Waals surface area (Å²) in [5.41, 5.74) is 0. The number of aromatic nitrogens is 4. The molecule has 3 heterocycles. The van der Waals surface area contributed by atoms with Gasteiger partial charge in [0.1, 0.15) is 0 Å². The molecular weight excluding hydrogens is 318 g/mol. The molecule has 0 bridgehead atoms. The zero-order chi connectivity index (χ0) is 17.5. The normalized spacial score (nSPS) is 16.0. The average molecular weight is 343 g/mol. The van der Waals surface area contributed by atoms with Crippen molar-refractivity contribution in [3.63, 3.8) is 0 Å². The summed E-state index contributed by atoms with van der Waals surface area (Å²) in [6, 6.07) is 4.00. The van der Waals surface area contributed by atoms with Gasteiger partial charge in [0, 0.05) is 70.0 Å². The van der Waals surface area contributed by atoms with Crippen LogP contribution in [0.5, 0.6) is 0 Å². The van der Waals surface area contributed by atoms with E-state index in [0.29, 0.717) is 13.0 Å². The molecule has 0 aliphatic carbocycles. The lowest BCUT2D eigenvalue weighted by Gasteiger charge is -2.34. The van der Waals surface area contributed by atoms with E-state index in [1.165, 1.54) is 0 Å². The van der Waals surface area contributed by atoms with Gasteiger partial charge in [-0.3, -0.25) is 9.48 Å². The maximum atomic E-state index is 12.4. The van der Waals surface area contributed by atoms with E-state index < -0.39 is 0 Å².